The van der Waals surface area contributed by atoms with Crippen LogP contribution in [0.1, 0.15) is 27.2 Å². The highest BCUT2D eigenvalue weighted by Gasteiger charge is 2.45. The molecule has 0 radical (unpaired) electrons. The maximum absolute atomic E-state index is 5.70. The van der Waals surface area contributed by atoms with Gasteiger partial charge in [-0.2, -0.15) is 0 Å². The molecule has 1 fully saturated rings. The Labute approximate surface area is 85.6 Å². The standard InChI is InChI=1S/C10H17BO3/c1-10(2,3)9-13-11(14-9)8-4-6-12-7-5-8/h4,9H,5-7H2,1-3H3. The molecule has 0 aliphatic carbocycles. The molecule has 0 saturated carbocycles. The van der Waals surface area contributed by atoms with Crippen LogP contribution in [0.5, 0.6) is 0 Å². The highest BCUT2D eigenvalue weighted by molar-refractivity contribution is 6.55. The van der Waals surface area contributed by atoms with Crippen molar-refractivity contribution in [2.45, 2.75) is 33.5 Å². The van der Waals surface area contributed by atoms with Gasteiger partial charge >= 0.3 is 7.12 Å². The molecule has 0 N–H and O–H groups in total. The Kier molecular flexibility index (Phi) is 2.69. The molecule has 2 aliphatic rings. The summed E-state index contributed by atoms with van der Waals surface area (Å²) in [6.45, 7) is 7.83. The molecule has 0 aromatic carbocycles. The first-order valence-corrected chi connectivity index (χ1v) is 5.15. The monoisotopic (exact) mass is 196 g/mol. The summed E-state index contributed by atoms with van der Waals surface area (Å²) in [5, 5.41) is 0. The smallest absolute Gasteiger partial charge is 0.382 e. The van der Waals surface area contributed by atoms with Gasteiger partial charge in [0.2, 0.25) is 0 Å². The Hall–Kier alpha value is -0.315. The van der Waals surface area contributed by atoms with Crippen LogP contribution in [0.4, 0.5) is 0 Å². The largest absolute Gasteiger partial charge is 0.493 e. The third-order valence-electron chi connectivity index (χ3n) is 2.50. The van der Waals surface area contributed by atoms with Crippen molar-refractivity contribution in [1.29, 1.82) is 0 Å². The van der Waals surface area contributed by atoms with E-state index >= 15 is 0 Å². The van der Waals surface area contributed by atoms with Gasteiger partial charge in [0, 0.05) is 5.41 Å². The summed E-state index contributed by atoms with van der Waals surface area (Å²) in [4.78, 5) is 0. The zero-order valence-electron chi connectivity index (χ0n) is 9.08. The second-order valence-corrected chi connectivity index (χ2v) is 4.91. The van der Waals surface area contributed by atoms with Crippen molar-refractivity contribution in [3.05, 3.63) is 11.5 Å². The lowest BCUT2D eigenvalue weighted by Gasteiger charge is -2.43. The summed E-state index contributed by atoms with van der Waals surface area (Å²) in [7, 11) is -0.108. The van der Waals surface area contributed by atoms with Gasteiger partial charge in [-0.15, -0.1) is 0 Å². The first-order valence-electron chi connectivity index (χ1n) is 5.15. The van der Waals surface area contributed by atoms with Gasteiger partial charge in [-0.1, -0.05) is 26.8 Å². The number of hydrogen-bond donors (Lipinski definition) is 0. The third kappa shape index (κ3) is 2.02. The number of hydrogen-bond acceptors (Lipinski definition) is 3. The maximum atomic E-state index is 5.70. The van der Waals surface area contributed by atoms with Gasteiger partial charge in [0.05, 0.1) is 13.2 Å². The van der Waals surface area contributed by atoms with Crippen molar-refractivity contribution in [3.63, 3.8) is 0 Å². The summed E-state index contributed by atoms with van der Waals surface area (Å²) in [6.07, 6.45) is 2.94. The molecule has 3 nitrogen and oxygen atoms in total. The van der Waals surface area contributed by atoms with Crippen molar-refractivity contribution in [2.75, 3.05) is 13.2 Å². The fourth-order valence-electron chi connectivity index (χ4n) is 1.57. The summed E-state index contributed by atoms with van der Waals surface area (Å²) < 4.78 is 16.6. The predicted molar refractivity (Wildman–Crippen MR) is 54.7 cm³/mol. The SMILES string of the molecule is CC(C)(C)C1OB(C2=CCOCC2)O1. The van der Waals surface area contributed by atoms with E-state index < -0.39 is 0 Å². The molecule has 2 rings (SSSR count). The summed E-state index contributed by atoms with van der Waals surface area (Å²) >= 11 is 0. The Balaban J connectivity index is 1.85. The summed E-state index contributed by atoms with van der Waals surface area (Å²) in [5.74, 6) is 0. The summed E-state index contributed by atoms with van der Waals surface area (Å²) in [6, 6.07) is 0. The zero-order chi connectivity index (χ0) is 10.2. The first-order chi connectivity index (χ1) is 6.57. The first kappa shape index (κ1) is 10.2. The van der Waals surface area contributed by atoms with E-state index in [1.165, 1.54) is 5.47 Å². The lowest BCUT2D eigenvalue weighted by Crippen LogP contribution is -2.53. The third-order valence-corrected chi connectivity index (χ3v) is 2.50. The van der Waals surface area contributed by atoms with Crippen LogP contribution in [0.3, 0.4) is 0 Å². The fraction of sp³-hybridized carbons (Fsp3) is 0.800. The van der Waals surface area contributed by atoms with E-state index in [9.17, 15) is 0 Å². The molecule has 2 heterocycles. The highest BCUT2D eigenvalue weighted by atomic mass is 16.8. The lowest BCUT2D eigenvalue weighted by atomic mass is 9.71. The minimum absolute atomic E-state index is 0.0590. The molecule has 0 aromatic rings. The van der Waals surface area contributed by atoms with E-state index in [0.29, 0.717) is 6.61 Å². The Bertz CT molecular complexity index is 238. The van der Waals surface area contributed by atoms with Crippen molar-refractivity contribution in [3.8, 4) is 0 Å². The molecule has 0 atom stereocenters. The highest BCUT2D eigenvalue weighted by Crippen LogP contribution is 2.34. The van der Waals surface area contributed by atoms with E-state index in [2.05, 4.69) is 26.8 Å². The number of rotatable bonds is 1. The second-order valence-electron chi connectivity index (χ2n) is 4.91. The second kappa shape index (κ2) is 3.68. The fourth-order valence-corrected chi connectivity index (χ4v) is 1.57. The van der Waals surface area contributed by atoms with Gasteiger partial charge in [0.25, 0.3) is 0 Å². The predicted octanol–water partition coefficient (Wildman–Crippen LogP) is 1.78. The molecule has 78 valence electrons. The van der Waals surface area contributed by atoms with E-state index in [4.69, 9.17) is 14.0 Å². The van der Waals surface area contributed by atoms with Crippen molar-refractivity contribution >= 4 is 7.12 Å². The normalized spacial score (nSPS) is 24.5. The Morgan fingerprint density at radius 1 is 1.36 bits per heavy atom. The minimum Gasteiger partial charge on any atom is -0.382 e. The van der Waals surface area contributed by atoms with Gasteiger partial charge < -0.3 is 14.0 Å². The van der Waals surface area contributed by atoms with Crippen LogP contribution < -0.4 is 0 Å². The quantitative estimate of drug-likeness (QED) is 0.598. The van der Waals surface area contributed by atoms with Crippen molar-refractivity contribution in [1.82, 2.24) is 0 Å². The molecule has 14 heavy (non-hydrogen) atoms. The molecular weight excluding hydrogens is 179 g/mol. The van der Waals surface area contributed by atoms with E-state index in [1.54, 1.807) is 0 Å². The van der Waals surface area contributed by atoms with Gasteiger partial charge in [0.15, 0.2) is 0 Å². The molecular formula is C10H17BO3. The molecule has 0 amide bonds. The molecule has 0 unspecified atom stereocenters. The molecule has 2 aliphatic heterocycles. The molecule has 0 bridgehead atoms. The average molecular weight is 196 g/mol. The molecule has 1 saturated heterocycles. The van der Waals surface area contributed by atoms with Gasteiger partial charge in [-0.25, -0.2) is 0 Å². The number of ether oxygens (including phenoxy) is 1. The maximum Gasteiger partial charge on any atom is 0.493 e. The molecule has 0 spiro atoms. The van der Waals surface area contributed by atoms with Gasteiger partial charge in [-0.3, -0.25) is 0 Å². The van der Waals surface area contributed by atoms with E-state index in [1.807, 2.05) is 0 Å². The van der Waals surface area contributed by atoms with Crippen LogP contribution in [0, 0.1) is 5.41 Å². The van der Waals surface area contributed by atoms with Crippen LogP contribution in [0.25, 0.3) is 0 Å². The van der Waals surface area contributed by atoms with Crippen LogP contribution in [-0.2, 0) is 14.0 Å². The lowest BCUT2D eigenvalue weighted by molar-refractivity contribution is -0.170. The average Bonchev–Trinajstić information content (AvgIpc) is 2.00. The topological polar surface area (TPSA) is 27.7 Å². The van der Waals surface area contributed by atoms with Crippen LogP contribution >= 0.6 is 0 Å². The van der Waals surface area contributed by atoms with Crippen LogP contribution in [0.2, 0.25) is 0 Å². The molecule has 4 heteroatoms. The van der Waals surface area contributed by atoms with Crippen LogP contribution in [-0.4, -0.2) is 26.6 Å². The summed E-state index contributed by atoms with van der Waals surface area (Å²) in [5.41, 5.74) is 1.30. The zero-order valence-corrected chi connectivity index (χ0v) is 9.08. The molecule has 0 aromatic heterocycles. The van der Waals surface area contributed by atoms with Crippen LogP contribution in [0.15, 0.2) is 11.5 Å². The van der Waals surface area contributed by atoms with E-state index in [0.717, 1.165) is 13.0 Å². The van der Waals surface area contributed by atoms with Gasteiger partial charge in [0.1, 0.15) is 6.29 Å². The Morgan fingerprint density at radius 2 is 2.07 bits per heavy atom. The van der Waals surface area contributed by atoms with Crippen molar-refractivity contribution < 1.29 is 14.0 Å². The Morgan fingerprint density at radius 3 is 2.57 bits per heavy atom. The van der Waals surface area contributed by atoms with Gasteiger partial charge in [-0.05, 0) is 11.9 Å². The van der Waals surface area contributed by atoms with E-state index in [-0.39, 0.29) is 18.8 Å². The minimum atomic E-state index is -0.108. The van der Waals surface area contributed by atoms with Crippen molar-refractivity contribution in [2.24, 2.45) is 5.41 Å².